The molecule has 0 fully saturated rings. The van der Waals surface area contributed by atoms with Gasteiger partial charge in [-0.05, 0) is 24.1 Å². The van der Waals surface area contributed by atoms with Crippen molar-refractivity contribution in [1.82, 2.24) is 15.0 Å². The van der Waals surface area contributed by atoms with Crippen molar-refractivity contribution < 1.29 is 18.3 Å². The lowest BCUT2D eigenvalue weighted by Crippen LogP contribution is -2.25. The standard InChI is InChI=1S/C13H12F2N4O2/c1-21-13(20)11-12-16-3-2-10(19(12)18-17-11)7-4-8(14)6-9(15)5-7/h4-6,10,16H,2-3H2,1H3. The minimum Gasteiger partial charge on any atom is -0.464 e. The van der Waals surface area contributed by atoms with Gasteiger partial charge in [-0.25, -0.2) is 18.3 Å². The molecule has 1 N–H and O–H groups in total. The molecule has 8 heteroatoms. The summed E-state index contributed by atoms with van der Waals surface area (Å²) in [7, 11) is 1.25. The molecular formula is C13H12F2N4O2. The highest BCUT2D eigenvalue weighted by atomic mass is 19.1. The SMILES string of the molecule is COC(=O)c1nnn2c1NCCC2c1cc(F)cc(F)c1. The first kappa shape index (κ1) is 13.5. The van der Waals surface area contributed by atoms with Gasteiger partial charge in [-0.3, -0.25) is 0 Å². The van der Waals surface area contributed by atoms with Gasteiger partial charge in [0.05, 0.1) is 13.2 Å². The first-order valence-electron chi connectivity index (χ1n) is 6.33. The number of aromatic nitrogens is 3. The Kier molecular flexibility index (Phi) is 3.28. The summed E-state index contributed by atoms with van der Waals surface area (Å²) in [6.45, 7) is 0.528. The van der Waals surface area contributed by atoms with Crippen molar-refractivity contribution >= 4 is 11.8 Å². The lowest BCUT2D eigenvalue weighted by Gasteiger charge is -2.25. The van der Waals surface area contributed by atoms with Gasteiger partial charge in [0.2, 0.25) is 5.69 Å². The number of rotatable bonds is 2. The molecule has 1 aliphatic heterocycles. The van der Waals surface area contributed by atoms with E-state index in [0.29, 0.717) is 24.3 Å². The van der Waals surface area contributed by atoms with Gasteiger partial charge in [-0.2, -0.15) is 0 Å². The molecule has 1 atom stereocenters. The number of fused-ring (bicyclic) bond motifs is 1. The maximum atomic E-state index is 13.4. The zero-order chi connectivity index (χ0) is 15.0. The number of anilines is 1. The number of hydrogen-bond donors (Lipinski definition) is 1. The number of halogens is 2. The highest BCUT2D eigenvalue weighted by Crippen LogP contribution is 2.31. The van der Waals surface area contributed by atoms with Crippen LogP contribution in [0.25, 0.3) is 0 Å². The highest BCUT2D eigenvalue weighted by molar-refractivity contribution is 5.92. The molecule has 0 saturated carbocycles. The van der Waals surface area contributed by atoms with Crippen LogP contribution in [0.2, 0.25) is 0 Å². The van der Waals surface area contributed by atoms with Crippen molar-refractivity contribution in [2.75, 3.05) is 19.0 Å². The van der Waals surface area contributed by atoms with Crippen LogP contribution < -0.4 is 5.32 Å². The molecule has 2 heterocycles. The van der Waals surface area contributed by atoms with Gasteiger partial charge in [0.1, 0.15) is 11.6 Å². The van der Waals surface area contributed by atoms with E-state index in [1.165, 1.54) is 23.9 Å². The molecule has 1 aromatic carbocycles. The number of carbonyl (C=O) groups is 1. The molecule has 2 aromatic rings. The third-order valence-corrected chi connectivity index (χ3v) is 3.35. The van der Waals surface area contributed by atoms with Gasteiger partial charge in [-0.15, -0.1) is 5.10 Å². The van der Waals surface area contributed by atoms with E-state index in [9.17, 15) is 13.6 Å². The summed E-state index contributed by atoms with van der Waals surface area (Å²) in [5, 5.41) is 10.7. The number of nitrogens with one attached hydrogen (secondary N) is 1. The summed E-state index contributed by atoms with van der Waals surface area (Å²) in [5.41, 5.74) is 0.496. The summed E-state index contributed by atoms with van der Waals surface area (Å²) in [6.07, 6.45) is 0.569. The summed E-state index contributed by atoms with van der Waals surface area (Å²) in [6, 6.07) is 2.93. The first-order chi connectivity index (χ1) is 10.1. The summed E-state index contributed by atoms with van der Waals surface area (Å²) in [5.74, 6) is -1.53. The number of carbonyl (C=O) groups excluding carboxylic acids is 1. The molecule has 0 bridgehead atoms. The Morgan fingerprint density at radius 1 is 1.38 bits per heavy atom. The Bertz CT molecular complexity index is 681. The lowest BCUT2D eigenvalue weighted by atomic mass is 10.0. The third kappa shape index (κ3) is 2.32. The third-order valence-electron chi connectivity index (χ3n) is 3.35. The van der Waals surface area contributed by atoms with Crippen molar-refractivity contribution in [2.24, 2.45) is 0 Å². The topological polar surface area (TPSA) is 69.0 Å². The molecule has 1 aromatic heterocycles. The Hall–Kier alpha value is -2.51. The molecular weight excluding hydrogens is 282 g/mol. The fourth-order valence-corrected chi connectivity index (χ4v) is 2.44. The van der Waals surface area contributed by atoms with E-state index < -0.39 is 23.6 Å². The number of hydrogen-bond acceptors (Lipinski definition) is 5. The molecule has 6 nitrogen and oxygen atoms in total. The largest absolute Gasteiger partial charge is 0.464 e. The fourth-order valence-electron chi connectivity index (χ4n) is 2.44. The van der Waals surface area contributed by atoms with E-state index in [0.717, 1.165) is 6.07 Å². The smallest absolute Gasteiger partial charge is 0.362 e. The van der Waals surface area contributed by atoms with Crippen LogP contribution in [0.3, 0.4) is 0 Å². The fraction of sp³-hybridized carbons (Fsp3) is 0.308. The highest BCUT2D eigenvalue weighted by Gasteiger charge is 2.29. The summed E-state index contributed by atoms with van der Waals surface area (Å²) < 4.78 is 32.8. The second-order valence-corrected chi connectivity index (χ2v) is 4.66. The maximum Gasteiger partial charge on any atom is 0.362 e. The zero-order valence-corrected chi connectivity index (χ0v) is 11.1. The van der Waals surface area contributed by atoms with Gasteiger partial charge in [0, 0.05) is 12.6 Å². The molecule has 1 aliphatic rings. The predicted molar refractivity (Wildman–Crippen MR) is 69.0 cm³/mol. The van der Waals surface area contributed by atoms with E-state index in [-0.39, 0.29) is 5.69 Å². The number of nitrogens with zero attached hydrogens (tertiary/aromatic N) is 3. The number of ether oxygens (including phenoxy) is 1. The van der Waals surface area contributed by atoms with E-state index in [1.807, 2.05) is 0 Å². The van der Waals surface area contributed by atoms with E-state index in [1.54, 1.807) is 0 Å². The Balaban J connectivity index is 2.05. The second-order valence-electron chi connectivity index (χ2n) is 4.66. The number of methoxy groups -OCH3 is 1. The van der Waals surface area contributed by atoms with E-state index >= 15 is 0 Å². The molecule has 1 unspecified atom stereocenters. The average Bonchev–Trinajstić information content (AvgIpc) is 2.89. The Morgan fingerprint density at radius 2 is 2.10 bits per heavy atom. The number of benzene rings is 1. The molecule has 0 amide bonds. The molecule has 0 spiro atoms. The van der Waals surface area contributed by atoms with Crippen molar-refractivity contribution in [2.45, 2.75) is 12.5 Å². The minimum absolute atomic E-state index is 0.0547. The van der Waals surface area contributed by atoms with Crippen LogP contribution in [0, 0.1) is 11.6 Å². The van der Waals surface area contributed by atoms with Crippen LogP contribution in [0.1, 0.15) is 28.5 Å². The first-order valence-corrected chi connectivity index (χ1v) is 6.33. The monoisotopic (exact) mass is 294 g/mol. The maximum absolute atomic E-state index is 13.4. The normalized spacial score (nSPS) is 17.0. The molecule has 0 radical (unpaired) electrons. The van der Waals surface area contributed by atoms with Crippen molar-refractivity contribution in [3.8, 4) is 0 Å². The van der Waals surface area contributed by atoms with Crippen LogP contribution >= 0.6 is 0 Å². The van der Waals surface area contributed by atoms with Crippen molar-refractivity contribution in [1.29, 1.82) is 0 Å². The quantitative estimate of drug-likeness (QED) is 0.855. The molecule has 0 saturated heterocycles. The molecule has 110 valence electrons. The van der Waals surface area contributed by atoms with E-state index in [2.05, 4.69) is 20.4 Å². The van der Waals surface area contributed by atoms with Gasteiger partial charge in [0.15, 0.2) is 5.82 Å². The summed E-state index contributed by atoms with van der Waals surface area (Å²) >= 11 is 0. The van der Waals surface area contributed by atoms with Crippen LogP contribution in [0.5, 0.6) is 0 Å². The van der Waals surface area contributed by atoms with Crippen molar-refractivity contribution in [3.05, 3.63) is 41.1 Å². The van der Waals surface area contributed by atoms with Crippen LogP contribution in [0.4, 0.5) is 14.6 Å². The van der Waals surface area contributed by atoms with Gasteiger partial charge >= 0.3 is 5.97 Å². The van der Waals surface area contributed by atoms with Crippen molar-refractivity contribution in [3.63, 3.8) is 0 Å². The van der Waals surface area contributed by atoms with Gasteiger partial charge in [-0.1, -0.05) is 5.21 Å². The second kappa shape index (κ2) is 5.12. The van der Waals surface area contributed by atoms with Crippen LogP contribution in [-0.4, -0.2) is 34.6 Å². The van der Waals surface area contributed by atoms with Crippen LogP contribution in [-0.2, 0) is 4.74 Å². The Labute approximate surface area is 118 Å². The lowest BCUT2D eigenvalue weighted by molar-refractivity contribution is 0.0595. The zero-order valence-electron chi connectivity index (χ0n) is 11.1. The van der Waals surface area contributed by atoms with Gasteiger partial charge in [0.25, 0.3) is 0 Å². The Morgan fingerprint density at radius 3 is 2.76 bits per heavy atom. The minimum atomic E-state index is -0.654. The molecule has 0 aliphatic carbocycles. The number of esters is 1. The van der Waals surface area contributed by atoms with E-state index in [4.69, 9.17) is 0 Å². The average molecular weight is 294 g/mol. The predicted octanol–water partition coefficient (Wildman–Crippen LogP) is 1.75. The van der Waals surface area contributed by atoms with Crippen LogP contribution in [0.15, 0.2) is 18.2 Å². The molecule has 3 rings (SSSR count). The molecule has 21 heavy (non-hydrogen) atoms. The van der Waals surface area contributed by atoms with Gasteiger partial charge < -0.3 is 10.1 Å². The summed E-state index contributed by atoms with van der Waals surface area (Å²) in [4.78, 5) is 11.6.